The number of aromatic hydroxyl groups is 1. The Labute approximate surface area is 179 Å². The lowest BCUT2D eigenvalue weighted by Crippen LogP contribution is -2.53. The molecule has 1 atom stereocenters. The van der Waals surface area contributed by atoms with Gasteiger partial charge in [0.25, 0.3) is 0 Å². The van der Waals surface area contributed by atoms with Gasteiger partial charge in [0.05, 0.1) is 6.04 Å². The van der Waals surface area contributed by atoms with Gasteiger partial charge < -0.3 is 15.7 Å². The summed E-state index contributed by atoms with van der Waals surface area (Å²) in [5, 5.41) is 9.71. The number of amides is 1. The summed E-state index contributed by atoms with van der Waals surface area (Å²) < 4.78 is 0. The molecular weight excluding hydrogens is 374 g/mol. The summed E-state index contributed by atoms with van der Waals surface area (Å²) in [6.45, 7) is 7.97. The number of nitrogens with zero attached hydrogens (tertiary/aromatic N) is 2. The predicted octanol–water partition coefficient (Wildman–Crippen LogP) is 2.82. The van der Waals surface area contributed by atoms with E-state index < -0.39 is 6.04 Å². The highest BCUT2D eigenvalue weighted by Crippen LogP contribution is 2.22. The standard InChI is InChI=1S/C25H33N3O2/c1-19-16-22(29)17-20(2)23(19)18-24(26)25(30)28-14-12-27(13-15-28)11-7-6-10-21-8-4-3-5-9-21/h3-9,16-17,24,29H,10-15,18,26H2,1-2H3/b7-6+/t24-/m0/s1. The molecule has 1 amide bonds. The van der Waals surface area contributed by atoms with E-state index in [1.54, 1.807) is 12.1 Å². The van der Waals surface area contributed by atoms with Crippen molar-refractivity contribution in [3.63, 3.8) is 0 Å². The minimum absolute atomic E-state index is 0.0149. The Hall–Kier alpha value is -2.63. The number of aryl methyl sites for hydroxylation is 2. The van der Waals surface area contributed by atoms with Gasteiger partial charge in [-0.1, -0.05) is 42.5 Å². The molecule has 1 aliphatic rings. The zero-order valence-corrected chi connectivity index (χ0v) is 18.1. The van der Waals surface area contributed by atoms with Crippen molar-refractivity contribution in [3.05, 3.63) is 76.9 Å². The molecule has 3 N–H and O–H groups in total. The molecule has 2 aromatic carbocycles. The summed E-state index contributed by atoms with van der Waals surface area (Å²) in [5.74, 6) is 0.267. The second-order valence-electron chi connectivity index (χ2n) is 8.16. The Bertz CT molecular complexity index is 848. The van der Waals surface area contributed by atoms with Gasteiger partial charge in [-0.15, -0.1) is 0 Å². The van der Waals surface area contributed by atoms with Gasteiger partial charge in [0.15, 0.2) is 0 Å². The van der Waals surface area contributed by atoms with Crippen LogP contribution in [0.5, 0.6) is 5.75 Å². The number of carbonyl (C=O) groups excluding carboxylic acids is 1. The first-order valence-electron chi connectivity index (χ1n) is 10.7. The summed E-state index contributed by atoms with van der Waals surface area (Å²) in [5.41, 5.74) is 10.6. The first kappa shape index (κ1) is 22.1. The zero-order chi connectivity index (χ0) is 21.5. The molecule has 1 heterocycles. The van der Waals surface area contributed by atoms with Gasteiger partial charge in [0.2, 0.25) is 5.91 Å². The fraction of sp³-hybridized carbons (Fsp3) is 0.400. The third-order valence-electron chi connectivity index (χ3n) is 5.83. The highest BCUT2D eigenvalue weighted by atomic mass is 16.3. The topological polar surface area (TPSA) is 69.8 Å². The minimum atomic E-state index is -0.552. The van der Waals surface area contributed by atoms with E-state index in [1.807, 2.05) is 24.8 Å². The molecule has 1 fully saturated rings. The van der Waals surface area contributed by atoms with E-state index in [0.717, 1.165) is 42.7 Å². The molecule has 30 heavy (non-hydrogen) atoms. The Morgan fingerprint density at radius 1 is 1.07 bits per heavy atom. The van der Waals surface area contributed by atoms with Crippen molar-refractivity contribution < 1.29 is 9.90 Å². The van der Waals surface area contributed by atoms with Gasteiger partial charge >= 0.3 is 0 Å². The molecule has 0 bridgehead atoms. The number of carbonyl (C=O) groups is 1. The number of nitrogens with two attached hydrogens (primary N) is 1. The van der Waals surface area contributed by atoms with Crippen LogP contribution < -0.4 is 5.73 Å². The Morgan fingerprint density at radius 2 is 1.70 bits per heavy atom. The van der Waals surface area contributed by atoms with Gasteiger partial charge in [0.1, 0.15) is 5.75 Å². The second-order valence-corrected chi connectivity index (χ2v) is 8.16. The fourth-order valence-corrected chi connectivity index (χ4v) is 4.04. The average molecular weight is 408 g/mol. The molecule has 2 aromatic rings. The van der Waals surface area contributed by atoms with Crippen molar-refractivity contribution >= 4 is 5.91 Å². The third kappa shape index (κ3) is 5.94. The van der Waals surface area contributed by atoms with Gasteiger partial charge in [-0.25, -0.2) is 0 Å². The van der Waals surface area contributed by atoms with Crippen LogP contribution in [0.1, 0.15) is 22.3 Å². The minimum Gasteiger partial charge on any atom is -0.508 e. The van der Waals surface area contributed by atoms with Crippen LogP contribution in [0.3, 0.4) is 0 Å². The van der Waals surface area contributed by atoms with Crippen LogP contribution >= 0.6 is 0 Å². The molecule has 0 radical (unpaired) electrons. The molecule has 0 unspecified atom stereocenters. The Kier molecular flexibility index (Phi) is 7.66. The molecular formula is C25H33N3O2. The molecule has 0 aliphatic carbocycles. The number of hydrogen-bond acceptors (Lipinski definition) is 4. The van der Waals surface area contributed by atoms with E-state index >= 15 is 0 Å². The molecule has 160 valence electrons. The summed E-state index contributed by atoms with van der Waals surface area (Å²) >= 11 is 0. The van der Waals surface area contributed by atoms with E-state index in [1.165, 1.54) is 5.56 Å². The van der Waals surface area contributed by atoms with Crippen molar-refractivity contribution in [2.24, 2.45) is 5.73 Å². The molecule has 0 saturated carbocycles. The summed E-state index contributed by atoms with van der Waals surface area (Å²) in [4.78, 5) is 17.1. The lowest BCUT2D eigenvalue weighted by Gasteiger charge is -2.35. The van der Waals surface area contributed by atoms with E-state index in [4.69, 9.17) is 5.73 Å². The first-order chi connectivity index (χ1) is 14.4. The first-order valence-corrected chi connectivity index (χ1v) is 10.7. The number of allylic oxidation sites excluding steroid dienone is 1. The van der Waals surface area contributed by atoms with Crippen molar-refractivity contribution in [3.8, 4) is 5.75 Å². The van der Waals surface area contributed by atoms with E-state index in [2.05, 4.69) is 41.3 Å². The molecule has 5 nitrogen and oxygen atoms in total. The van der Waals surface area contributed by atoms with E-state index in [-0.39, 0.29) is 11.7 Å². The van der Waals surface area contributed by atoms with Crippen LogP contribution in [-0.2, 0) is 17.6 Å². The van der Waals surface area contributed by atoms with Crippen LogP contribution in [0.4, 0.5) is 0 Å². The number of rotatable bonds is 7. The maximum absolute atomic E-state index is 12.8. The molecule has 1 aliphatic heterocycles. The molecule has 0 aromatic heterocycles. The number of piperazine rings is 1. The average Bonchev–Trinajstić information content (AvgIpc) is 2.74. The van der Waals surface area contributed by atoms with Crippen LogP contribution in [-0.4, -0.2) is 59.6 Å². The van der Waals surface area contributed by atoms with E-state index in [9.17, 15) is 9.90 Å². The van der Waals surface area contributed by atoms with E-state index in [0.29, 0.717) is 19.5 Å². The lowest BCUT2D eigenvalue weighted by molar-refractivity contribution is -0.134. The predicted molar refractivity (Wildman–Crippen MR) is 122 cm³/mol. The smallest absolute Gasteiger partial charge is 0.239 e. The highest BCUT2D eigenvalue weighted by molar-refractivity contribution is 5.82. The third-order valence-corrected chi connectivity index (χ3v) is 5.83. The SMILES string of the molecule is Cc1cc(O)cc(C)c1C[C@H](N)C(=O)N1CCN(C/C=C/Cc2ccccc2)CC1. The van der Waals surface area contributed by atoms with Gasteiger partial charge in [0, 0.05) is 32.7 Å². The van der Waals surface area contributed by atoms with Crippen LogP contribution in [0.15, 0.2) is 54.6 Å². The van der Waals surface area contributed by atoms with Crippen molar-refractivity contribution in [1.82, 2.24) is 9.80 Å². The number of phenolic OH excluding ortho intramolecular Hbond substituents is 1. The number of phenols is 1. The number of hydrogen-bond donors (Lipinski definition) is 2. The van der Waals surface area contributed by atoms with Crippen LogP contribution in [0.25, 0.3) is 0 Å². The van der Waals surface area contributed by atoms with Crippen molar-refractivity contribution in [1.29, 1.82) is 0 Å². The van der Waals surface area contributed by atoms with Gasteiger partial charge in [-0.2, -0.15) is 0 Å². The number of benzene rings is 2. The maximum atomic E-state index is 12.8. The maximum Gasteiger partial charge on any atom is 0.239 e. The largest absolute Gasteiger partial charge is 0.508 e. The second kappa shape index (κ2) is 10.4. The summed E-state index contributed by atoms with van der Waals surface area (Å²) in [6.07, 6.45) is 5.88. The monoisotopic (exact) mass is 407 g/mol. The highest BCUT2D eigenvalue weighted by Gasteiger charge is 2.25. The Balaban J connectivity index is 1.44. The normalized spacial score (nSPS) is 16.2. The zero-order valence-electron chi connectivity index (χ0n) is 18.1. The van der Waals surface area contributed by atoms with Gasteiger partial charge in [-0.3, -0.25) is 9.69 Å². The summed E-state index contributed by atoms with van der Waals surface area (Å²) in [6, 6.07) is 13.3. The molecule has 3 rings (SSSR count). The molecule has 5 heteroatoms. The lowest BCUT2D eigenvalue weighted by atomic mass is 9.95. The fourth-order valence-electron chi connectivity index (χ4n) is 4.04. The molecule has 1 saturated heterocycles. The quantitative estimate of drug-likeness (QED) is 0.693. The van der Waals surface area contributed by atoms with Crippen molar-refractivity contribution in [2.75, 3.05) is 32.7 Å². The van der Waals surface area contributed by atoms with Crippen molar-refractivity contribution in [2.45, 2.75) is 32.7 Å². The Morgan fingerprint density at radius 3 is 2.33 bits per heavy atom. The summed E-state index contributed by atoms with van der Waals surface area (Å²) in [7, 11) is 0. The molecule has 0 spiro atoms. The van der Waals surface area contributed by atoms with Gasteiger partial charge in [-0.05, 0) is 61.1 Å². The van der Waals surface area contributed by atoms with Crippen LogP contribution in [0, 0.1) is 13.8 Å². The van der Waals surface area contributed by atoms with Crippen LogP contribution in [0.2, 0.25) is 0 Å².